The van der Waals surface area contributed by atoms with Gasteiger partial charge >= 0.3 is 0 Å². The Bertz CT molecular complexity index is 524. The summed E-state index contributed by atoms with van der Waals surface area (Å²) in [5.74, 6) is 0.793. The number of hydrogen-bond donors (Lipinski definition) is 1. The molecule has 1 aromatic heterocycles. The van der Waals surface area contributed by atoms with E-state index in [1.807, 2.05) is 30.3 Å². The van der Waals surface area contributed by atoms with E-state index in [0.717, 1.165) is 24.4 Å². The summed E-state index contributed by atoms with van der Waals surface area (Å²) in [5.41, 5.74) is 0.950. The zero-order valence-corrected chi connectivity index (χ0v) is 12.7. The second kappa shape index (κ2) is 7.85. The third kappa shape index (κ3) is 3.86. The number of nitrogens with zero attached hydrogens (tertiary/aromatic N) is 5. The smallest absolute Gasteiger partial charge is 0.170 e. The molecule has 1 heterocycles. The summed E-state index contributed by atoms with van der Waals surface area (Å²) in [7, 11) is 0. The van der Waals surface area contributed by atoms with E-state index < -0.39 is 0 Å². The monoisotopic (exact) mass is 289 g/mol. The van der Waals surface area contributed by atoms with E-state index in [0.29, 0.717) is 19.1 Å². The van der Waals surface area contributed by atoms with Crippen molar-refractivity contribution < 1.29 is 5.11 Å². The van der Waals surface area contributed by atoms with Crippen LogP contribution in [0.25, 0.3) is 5.69 Å². The Morgan fingerprint density at radius 2 is 1.90 bits per heavy atom. The Balaban J connectivity index is 2.20. The fourth-order valence-electron chi connectivity index (χ4n) is 2.58. The van der Waals surface area contributed by atoms with Gasteiger partial charge in [0.05, 0.1) is 18.8 Å². The number of rotatable bonds is 8. The fraction of sp³-hybridized carbons (Fsp3) is 0.533. The molecular weight excluding hydrogens is 266 g/mol. The van der Waals surface area contributed by atoms with Crippen molar-refractivity contribution >= 4 is 0 Å². The molecule has 0 amide bonds. The largest absolute Gasteiger partial charge is 0.395 e. The quantitative estimate of drug-likeness (QED) is 0.800. The van der Waals surface area contributed by atoms with Crippen molar-refractivity contribution in [1.29, 1.82) is 0 Å². The van der Waals surface area contributed by atoms with Gasteiger partial charge in [-0.2, -0.15) is 4.68 Å². The molecule has 0 saturated carbocycles. The van der Waals surface area contributed by atoms with E-state index in [2.05, 4.69) is 34.3 Å². The van der Waals surface area contributed by atoms with Crippen LogP contribution in [0.1, 0.15) is 32.5 Å². The van der Waals surface area contributed by atoms with Crippen LogP contribution in [0.15, 0.2) is 30.3 Å². The zero-order chi connectivity index (χ0) is 15.1. The summed E-state index contributed by atoms with van der Waals surface area (Å²) in [6, 6.07) is 10.3. The number of aliphatic hydroxyl groups is 1. The van der Waals surface area contributed by atoms with Crippen molar-refractivity contribution in [3.05, 3.63) is 36.2 Å². The van der Waals surface area contributed by atoms with Gasteiger partial charge in [-0.15, -0.1) is 5.10 Å². The predicted molar refractivity (Wildman–Crippen MR) is 81.0 cm³/mol. The molecule has 2 rings (SSSR count). The maximum absolute atomic E-state index is 9.29. The molecule has 1 aromatic carbocycles. The van der Waals surface area contributed by atoms with Crippen molar-refractivity contribution in [2.45, 2.75) is 39.3 Å². The van der Waals surface area contributed by atoms with Gasteiger partial charge in [-0.3, -0.25) is 4.90 Å². The molecule has 6 nitrogen and oxygen atoms in total. The Morgan fingerprint density at radius 1 is 1.19 bits per heavy atom. The van der Waals surface area contributed by atoms with Gasteiger partial charge in [0.15, 0.2) is 5.82 Å². The Morgan fingerprint density at radius 3 is 2.52 bits per heavy atom. The lowest BCUT2D eigenvalue weighted by Gasteiger charge is -2.29. The molecule has 0 aliphatic heterocycles. The van der Waals surface area contributed by atoms with E-state index in [9.17, 15) is 5.11 Å². The first-order valence-electron chi connectivity index (χ1n) is 7.47. The Kier molecular flexibility index (Phi) is 5.83. The van der Waals surface area contributed by atoms with Crippen LogP contribution < -0.4 is 0 Å². The second-order valence-corrected chi connectivity index (χ2v) is 5.01. The van der Waals surface area contributed by atoms with Crippen molar-refractivity contribution in [1.82, 2.24) is 25.1 Å². The Labute approximate surface area is 125 Å². The molecule has 6 heteroatoms. The van der Waals surface area contributed by atoms with Crippen LogP contribution in [0.3, 0.4) is 0 Å². The maximum atomic E-state index is 9.29. The van der Waals surface area contributed by atoms with Crippen LogP contribution >= 0.6 is 0 Å². The number of benzene rings is 1. The van der Waals surface area contributed by atoms with Gasteiger partial charge in [0, 0.05) is 12.6 Å². The van der Waals surface area contributed by atoms with Crippen molar-refractivity contribution in [3.8, 4) is 5.69 Å². The van der Waals surface area contributed by atoms with E-state index in [1.54, 1.807) is 4.68 Å². The van der Waals surface area contributed by atoms with Crippen LogP contribution in [-0.4, -0.2) is 49.4 Å². The van der Waals surface area contributed by atoms with Crippen molar-refractivity contribution in [2.24, 2.45) is 0 Å². The summed E-state index contributed by atoms with van der Waals surface area (Å²) in [6.45, 7) is 5.74. The topological polar surface area (TPSA) is 67.1 Å². The standard InChI is InChI=1S/C15H23N5O/c1-3-13(4-2)19(10-11-21)12-15-16-17-18-20(15)14-8-6-5-7-9-14/h5-9,13,21H,3-4,10-12H2,1-2H3. The Hall–Kier alpha value is -1.79. The molecule has 0 unspecified atom stereocenters. The molecule has 0 aliphatic carbocycles. The van der Waals surface area contributed by atoms with E-state index >= 15 is 0 Å². The third-order valence-corrected chi connectivity index (χ3v) is 3.73. The molecule has 0 atom stereocenters. The summed E-state index contributed by atoms with van der Waals surface area (Å²) in [5, 5.41) is 21.3. The lowest BCUT2D eigenvalue weighted by molar-refractivity contribution is 0.132. The zero-order valence-electron chi connectivity index (χ0n) is 12.7. The van der Waals surface area contributed by atoms with Crippen LogP contribution in [-0.2, 0) is 6.54 Å². The summed E-state index contributed by atoms with van der Waals surface area (Å²) < 4.78 is 1.76. The highest BCUT2D eigenvalue weighted by atomic mass is 16.3. The highest BCUT2D eigenvalue weighted by Crippen LogP contribution is 2.14. The lowest BCUT2D eigenvalue weighted by atomic mass is 10.1. The van der Waals surface area contributed by atoms with E-state index in [1.165, 1.54) is 0 Å². The number of hydrogen-bond acceptors (Lipinski definition) is 5. The summed E-state index contributed by atoms with van der Waals surface area (Å²) in [4.78, 5) is 2.24. The summed E-state index contributed by atoms with van der Waals surface area (Å²) in [6.07, 6.45) is 2.09. The van der Waals surface area contributed by atoms with Gasteiger partial charge < -0.3 is 5.11 Å². The molecule has 114 valence electrons. The lowest BCUT2D eigenvalue weighted by Crippen LogP contribution is -2.37. The summed E-state index contributed by atoms with van der Waals surface area (Å²) >= 11 is 0. The average molecular weight is 289 g/mol. The minimum Gasteiger partial charge on any atom is -0.395 e. The van der Waals surface area contributed by atoms with Crippen LogP contribution in [0.2, 0.25) is 0 Å². The number of para-hydroxylation sites is 1. The fourth-order valence-corrected chi connectivity index (χ4v) is 2.58. The molecule has 0 saturated heterocycles. The third-order valence-electron chi connectivity index (χ3n) is 3.73. The molecule has 0 bridgehead atoms. The normalized spacial score (nSPS) is 11.5. The number of tetrazole rings is 1. The molecular formula is C15H23N5O. The minimum atomic E-state index is 0.142. The van der Waals surface area contributed by atoms with Gasteiger partial charge in [-0.1, -0.05) is 32.0 Å². The maximum Gasteiger partial charge on any atom is 0.170 e. The number of aliphatic hydroxyl groups excluding tert-OH is 1. The number of aromatic nitrogens is 4. The second-order valence-electron chi connectivity index (χ2n) is 5.01. The molecule has 2 aromatic rings. The highest BCUT2D eigenvalue weighted by molar-refractivity contribution is 5.30. The van der Waals surface area contributed by atoms with Crippen molar-refractivity contribution in [3.63, 3.8) is 0 Å². The molecule has 0 radical (unpaired) electrons. The first kappa shape index (κ1) is 15.6. The highest BCUT2D eigenvalue weighted by Gasteiger charge is 2.18. The SMILES string of the molecule is CCC(CC)N(CCO)Cc1nnnn1-c1ccccc1. The van der Waals surface area contributed by atoms with Crippen LogP contribution in [0.4, 0.5) is 0 Å². The van der Waals surface area contributed by atoms with Crippen LogP contribution in [0.5, 0.6) is 0 Å². The molecule has 21 heavy (non-hydrogen) atoms. The predicted octanol–water partition coefficient (Wildman–Crippen LogP) is 1.65. The molecule has 0 aliphatic rings. The molecule has 1 N–H and O–H groups in total. The average Bonchev–Trinajstić information content (AvgIpc) is 2.98. The molecule has 0 spiro atoms. The van der Waals surface area contributed by atoms with Gasteiger partial charge in [0.2, 0.25) is 0 Å². The first-order chi connectivity index (χ1) is 10.3. The van der Waals surface area contributed by atoms with E-state index in [-0.39, 0.29) is 6.61 Å². The van der Waals surface area contributed by atoms with Gasteiger partial charge in [0.1, 0.15) is 0 Å². The first-order valence-corrected chi connectivity index (χ1v) is 7.47. The van der Waals surface area contributed by atoms with Gasteiger partial charge in [-0.05, 0) is 35.4 Å². The van der Waals surface area contributed by atoms with E-state index in [4.69, 9.17) is 0 Å². The van der Waals surface area contributed by atoms with Gasteiger partial charge in [0.25, 0.3) is 0 Å². The van der Waals surface area contributed by atoms with Crippen LogP contribution in [0, 0.1) is 0 Å². The van der Waals surface area contributed by atoms with Crippen molar-refractivity contribution in [2.75, 3.05) is 13.2 Å². The molecule has 0 fully saturated rings. The van der Waals surface area contributed by atoms with Gasteiger partial charge in [-0.25, -0.2) is 0 Å². The minimum absolute atomic E-state index is 0.142.